The number of amides is 3. The first-order valence-corrected chi connectivity index (χ1v) is 12.2. The van der Waals surface area contributed by atoms with Crippen LogP contribution in [0.4, 0.5) is 0 Å². The van der Waals surface area contributed by atoms with E-state index in [4.69, 9.17) is 5.73 Å². The molecule has 0 saturated heterocycles. The van der Waals surface area contributed by atoms with Gasteiger partial charge in [0, 0.05) is 18.3 Å². The van der Waals surface area contributed by atoms with Gasteiger partial charge in [-0.15, -0.1) is 0 Å². The Balaban J connectivity index is 3.02. The van der Waals surface area contributed by atoms with Gasteiger partial charge in [-0.3, -0.25) is 14.4 Å². The molecule has 0 saturated carbocycles. The van der Waals surface area contributed by atoms with Crippen LogP contribution in [0.2, 0.25) is 0 Å². The molecule has 4 atom stereocenters. The monoisotopic (exact) mass is 484 g/mol. The molecular weight excluding hydrogens is 448 g/mol. The van der Waals surface area contributed by atoms with Gasteiger partial charge in [0.25, 0.3) is 0 Å². The molecule has 1 rings (SSSR count). The van der Waals surface area contributed by atoms with Gasteiger partial charge in [-0.25, -0.2) is 9.78 Å². The van der Waals surface area contributed by atoms with Gasteiger partial charge in [0.05, 0.1) is 12.4 Å². The average molecular weight is 485 g/mol. The van der Waals surface area contributed by atoms with Crippen LogP contribution >= 0.6 is 11.8 Å². The van der Waals surface area contributed by atoms with E-state index in [0.29, 0.717) is 11.4 Å². The number of aromatic amines is 1. The van der Waals surface area contributed by atoms with Crippen LogP contribution in [0.25, 0.3) is 0 Å². The number of carbonyl (C=O) groups excluding carboxylic acids is 3. The summed E-state index contributed by atoms with van der Waals surface area (Å²) in [6, 6.07) is -3.87. The number of rotatable bonds is 14. The minimum Gasteiger partial charge on any atom is -0.480 e. The smallest absolute Gasteiger partial charge is 0.326 e. The van der Waals surface area contributed by atoms with Gasteiger partial charge in [-0.1, -0.05) is 27.7 Å². The Hall–Kier alpha value is -2.60. The Morgan fingerprint density at radius 2 is 1.67 bits per heavy atom. The molecule has 0 aliphatic carbocycles. The molecule has 186 valence electrons. The number of carbonyl (C=O) groups is 4. The van der Waals surface area contributed by atoms with E-state index in [-0.39, 0.29) is 24.7 Å². The topological polar surface area (TPSA) is 179 Å². The van der Waals surface area contributed by atoms with Crippen LogP contribution in [0, 0.1) is 11.8 Å². The molecule has 1 aromatic rings. The minimum atomic E-state index is -1.15. The van der Waals surface area contributed by atoms with Gasteiger partial charge in [0.15, 0.2) is 0 Å². The highest BCUT2D eigenvalue weighted by molar-refractivity contribution is 7.98. The third-order valence-corrected chi connectivity index (χ3v) is 5.75. The first kappa shape index (κ1) is 28.4. The molecule has 7 N–H and O–H groups in total. The number of carboxylic acids is 1. The number of nitrogens with two attached hydrogens (primary N) is 1. The number of aliphatic carboxylic acids is 1. The lowest BCUT2D eigenvalue weighted by molar-refractivity contribution is -0.142. The zero-order chi connectivity index (χ0) is 25.1. The molecule has 0 aliphatic rings. The van der Waals surface area contributed by atoms with Crippen molar-refractivity contribution in [2.75, 3.05) is 12.0 Å². The maximum Gasteiger partial charge on any atom is 0.326 e. The molecule has 3 amide bonds. The lowest BCUT2D eigenvalue weighted by Gasteiger charge is -2.27. The Labute approximate surface area is 198 Å². The molecule has 1 aromatic heterocycles. The average Bonchev–Trinajstić information content (AvgIpc) is 3.25. The van der Waals surface area contributed by atoms with Crippen LogP contribution in [-0.2, 0) is 25.6 Å². The number of hydrogen-bond acceptors (Lipinski definition) is 7. The van der Waals surface area contributed by atoms with E-state index in [9.17, 15) is 24.3 Å². The van der Waals surface area contributed by atoms with Crippen molar-refractivity contribution in [3.05, 3.63) is 18.2 Å². The third-order valence-electron chi connectivity index (χ3n) is 5.10. The quantitative estimate of drug-likeness (QED) is 0.211. The molecular formula is C21H36N6O5S. The summed E-state index contributed by atoms with van der Waals surface area (Å²) < 4.78 is 0. The van der Waals surface area contributed by atoms with Crippen LogP contribution in [0.15, 0.2) is 12.5 Å². The van der Waals surface area contributed by atoms with E-state index in [1.807, 2.05) is 6.26 Å². The van der Waals surface area contributed by atoms with Crippen LogP contribution in [0.5, 0.6) is 0 Å². The number of nitrogens with one attached hydrogen (secondary N) is 4. The number of aromatic nitrogens is 2. The molecule has 33 heavy (non-hydrogen) atoms. The number of carboxylic acid groups (broad SMARTS) is 1. The highest BCUT2D eigenvalue weighted by Crippen LogP contribution is 2.08. The number of nitrogens with zero attached hydrogens (tertiary/aromatic N) is 1. The van der Waals surface area contributed by atoms with Crippen molar-refractivity contribution in [1.82, 2.24) is 25.9 Å². The van der Waals surface area contributed by atoms with Gasteiger partial charge >= 0.3 is 5.97 Å². The number of hydrogen-bond donors (Lipinski definition) is 6. The Morgan fingerprint density at radius 3 is 2.15 bits per heavy atom. The fourth-order valence-electron chi connectivity index (χ4n) is 2.94. The first-order valence-electron chi connectivity index (χ1n) is 10.8. The molecule has 0 spiro atoms. The molecule has 0 aliphatic heterocycles. The number of H-pyrrole nitrogens is 1. The molecule has 0 aromatic carbocycles. The minimum absolute atomic E-state index is 0.0662. The SMILES string of the molecule is CSCCC(NC(=O)C(Cc1cnc[nH]1)NC(=O)C(NC(=O)C(N)C(C)C)C(C)C)C(=O)O. The van der Waals surface area contributed by atoms with Crippen molar-refractivity contribution in [3.63, 3.8) is 0 Å². The van der Waals surface area contributed by atoms with Crippen molar-refractivity contribution >= 4 is 35.5 Å². The molecule has 11 nitrogen and oxygen atoms in total. The second-order valence-electron chi connectivity index (χ2n) is 8.52. The van der Waals surface area contributed by atoms with Crippen LogP contribution in [0.1, 0.15) is 39.8 Å². The standard InChI is InChI=1S/C21H36N6O5S/c1-11(2)16(22)19(29)27-17(12(3)4)20(30)26-15(8-13-9-23-10-24-13)18(28)25-14(21(31)32)6-7-33-5/h9-12,14-17H,6-8,22H2,1-5H3,(H,23,24)(H,25,28)(H,26,30)(H,27,29)(H,31,32). The summed E-state index contributed by atoms with van der Waals surface area (Å²) in [5, 5.41) is 17.3. The summed E-state index contributed by atoms with van der Waals surface area (Å²) in [7, 11) is 0. The zero-order valence-electron chi connectivity index (χ0n) is 19.8. The lowest BCUT2D eigenvalue weighted by Crippen LogP contribution is -2.59. The van der Waals surface area contributed by atoms with Gasteiger partial charge in [-0.2, -0.15) is 11.8 Å². The summed E-state index contributed by atoms with van der Waals surface area (Å²) in [5.74, 6) is -2.67. The second-order valence-corrected chi connectivity index (χ2v) is 9.51. The van der Waals surface area contributed by atoms with E-state index in [0.717, 1.165) is 0 Å². The summed E-state index contributed by atoms with van der Waals surface area (Å²) in [5.41, 5.74) is 6.48. The van der Waals surface area contributed by atoms with Crippen LogP contribution in [-0.4, -0.2) is 74.9 Å². The lowest BCUT2D eigenvalue weighted by atomic mass is 9.99. The molecule has 4 unspecified atom stereocenters. The number of thioether (sulfide) groups is 1. The van der Waals surface area contributed by atoms with E-state index < -0.39 is 47.9 Å². The summed E-state index contributed by atoms with van der Waals surface area (Å²) in [6.07, 6.45) is 5.10. The van der Waals surface area contributed by atoms with Crippen molar-refractivity contribution in [3.8, 4) is 0 Å². The summed E-state index contributed by atoms with van der Waals surface area (Å²) in [6.45, 7) is 7.13. The maximum absolute atomic E-state index is 13.1. The fraction of sp³-hybridized carbons (Fsp3) is 0.667. The van der Waals surface area contributed by atoms with E-state index in [1.165, 1.54) is 24.3 Å². The maximum atomic E-state index is 13.1. The van der Waals surface area contributed by atoms with Crippen molar-refractivity contribution < 1.29 is 24.3 Å². The van der Waals surface area contributed by atoms with Gasteiger partial charge in [0.1, 0.15) is 18.1 Å². The molecule has 1 heterocycles. The summed E-state index contributed by atoms with van der Waals surface area (Å²) in [4.78, 5) is 56.8. The van der Waals surface area contributed by atoms with E-state index in [2.05, 4.69) is 25.9 Å². The zero-order valence-corrected chi connectivity index (χ0v) is 20.6. The fourth-order valence-corrected chi connectivity index (χ4v) is 3.41. The molecule has 12 heteroatoms. The van der Waals surface area contributed by atoms with Gasteiger partial charge in [0.2, 0.25) is 17.7 Å². The first-order chi connectivity index (χ1) is 15.5. The van der Waals surface area contributed by atoms with E-state index >= 15 is 0 Å². The van der Waals surface area contributed by atoms with Crippen LogP contribution in [0.3, 0.4) is 0 Å². The number of imidazole rings is 1. The summed E-state index contributed by atoms with van der Waals surface area (Å²) >= 11 is 1.47. The third kappa shape index (κ3) is 9.42. The Kier molecular flexibility index (Phi) is 11.9. The predicted molar refractivity (Wildman–Crippen MR) is 126 cm³/mol. The van der Waals surface area contributed by atoms with Gasteiger partial charge in [-0.05, 0) is 30.3 Å². The van der Waals surface area contributed by atoms with Crippen LogP contribution < -0.4 is 21.7 Å². The normalized spacial score (nSPS) is 14.9. The van der Waals surface area contributed by atoms with Crippen molar-refractivity contribution in [1.29, 1.82) is 0 Å². The van der Waals surface area contributed by atoms with Crippen molar-refractivity contribution in [2.45, 2.75) is 64.7 Å². The largest absolute Gasteiger partial charge is 0.480 e. The highest BCUT2D eigenvalue weighted by Gasteiger charge is 2.32. The Morgan fingerprint density at radius 1 is 1.03 bits per heavy atom. The van der Waals surface area contributed by atoms with Crippen molar-refractivity contribution in [2.24, 2.45) is 17.6 Å². The van der Waals surface area contributed by atoms with Gasteiger partial charge < -0.3 is 31.8 Å². The molecule has 0 radical (unpaired) electrons. The Bertz CT molecular complexity index is 786. The molecule has 0 fully saturated rings. The van der Waals surface area contributed by atoms with E-state index in [1.54, 1.807) is 27.7 Å². The highest BCUT2D eigenvalue weighted by atomic mass is 32.2. The predicted octanol–water partition coefficient (Wildman–Crippen LogP) is -0.116. The molecule has 0 bridgehead atoms. The second kappa shape index (κ2) is 13.8.